The summed E-state index contributed by atoms with van der Waals surface area (Å²) in [5.74, 6) is -0.943. The largest absolute Gasteiger partial charge is 0.397 e. The number of rotatable bonds is 3. The maximum atomic E-state index is 12.1. The fourth-order valence-electron chi connectivity index (χ4n) is 2.53. The predicted octanol–water partition coefficient (Wildman–Crippen LogP) is 0.402. The van der Waals surface area contributed by atoms with Crippen molar-refractivity contribution in [2.75, 3.05) is 30.8 Å². The molecule has 8 heteroatoms. The van der Waals surface area contributed by atoms with Crippen molar-refractivity contribution in [1.82, 2.24) is 5.32 Å². The third kappa shape index (κ3) is 2.96. The average molecular weight is 312 g/mol. The number of anilines is 2. The Kier molecular flexibility index (Phi) is 4.38. The smallest absolute Gasteiger partial charge is 0.260 e. The Morgan fingerprint density at radius 1 is 1.33 bits per heavy atom. The highest BCUT2D eigenvalue weighted by Crippen LogP contribution is 2.39. The van der Waals surface area contributed by atoms with Crippen LogP contribution in [0.2, 0.25) is 0 Å². The van der Waals surface area contributed by atoms with E-state index in [1.165, 1.54) is 7.05 Å². The zero-order valence-corrected chi connectivity index (χ0v) is 13.1. The molecule has 5 N–H and O–H groups in total. The molecule has 1 aliphatic heterocycles. The lowest BCUT2D eigenvalue weighted by atomic mass is 10.1. The van der Waals surface area contributed by atoms with Crippen LogP contribution in [-0.2, 0) is 4.74 Å². The van der Waals surface area contributed by atoms with Gasteiger partial charge in [0.05, 0.1) is 23.5 Å². The van der Waals surface area contributed by atoms with E-state index in [2.05, 4.69) is 5.32 Å². The molecule has 1 aliphatic rings. The third-order valence-corrected chi connectivity index (χ3v) is 4.59. The number of nitrogens with one attached hydrogen (secondary N) is 1. The minimum Gasteiger partial charge on any atom is -0.397 e. The van der Waals surface area contributed by atoms with Crippen LogP contribution in [0.5, 0.6) is 0 Å². The van der Waals surface area contributed by atoms with Crippen molar-refractivity contribution in [3.8, 4) is 0 Å². The van der Waals surface area contributed by atoms with Gasteiger partial charge in [0.1, 0.15) is 9.88 Å². The number of nitrogens with two attached hydrogens (primary N) is 2. The normalized spacial score (nSPS) is 22.1. The molecule has 116 valence electrons. The quantitative estimate of drug-likeness (QED) is 0.748. The molecule has 0 unspecified atom stereocenters. The highest BCUT2D eigenvalue weighted by Gasteiger charge is 2.31. The van der Waals surface area contributed by atoms with Crippen LogP contribution in [-0.4, -0.2) is 44.2 Å². The monoisotopic (exact) mass is 312 g/mol. The van der Waals surface area contributed by atoms with Gasteiger partial charge in [-0.05, 0) is 13.8 Å². The first kappa shape index (κ1) is 15.6. The van der Waals surface area contributed by atoms with E-state index in [1.807, 2.05) is 18.7 Å². The number of ether oxygens (including phenoxy) is 1. The minimum atomic E-state index is -0.622. The Balaban J connectivity index is 2.48. The van der Waals surface area contributed by atoms with Gasteiger partial charge in [-0.3, -0.25) is 9.59 Å². The number of hydrogen-bond donors (Lipinski definition) is 3. The number of primary amides is 1. The Bertz CT molecular complexity index is 562. The van der Waals surface area contributed by atoms with E-state index in [4.69, 9.17) is 16.2 Å². The average Bonchev–Trinajstić information content (AvgIpc) is 2.74. The first-order chi connectivity index (χ1) is 9.85. The summed E-state index contributed by atoms with van der Waals surface area (Å²) in [6, 6.07) is 0. The number of carbonyl (C=O) groups excluding carboxylic acids is 2. The lowest BCUT2D eigenvalue weighted by molar-refractivity contribution is -0.00505. The van der Waals surface area contributed by atoms with E-state index in [0.717, 1.165) is 11.3 Å². The lowest BCUT2D eigenvalue weighted by Gasteiger charge is -2.36. The van der Waals surface area contributed by atoms with E-state index in [0.29, 0.717) is 23.7 Å². The summed E-state index contributed by atoms with van der Waals surface area (Å²) in [4.78, 5) is 25.8. The van der Waals surface area contributed by atoms with Crippen molar-refractivity contribution < 1.29 is 14.3 Å². The number of nitrogens with zero attached hydrogens (tertiary/aromatic N) is 1. The molecule has 1 aromatic rings. The summed E-state index contributed by atoms with van der Waals surface area (Å²) in [5, 5.41) is 3.22. The van der Waals surface area contributed by atoms with Crippen LogP contribution < -0.4 is 21.7 Å². The summed E-state index contributed by atoms with van der Waals surface area (Å²) < 4.78 is 5.69. The lowest BCUT2D eigenvalue weighted by Crippen LogP contribution is -2.45. The number of nitrogen functional groups attached to an aromatic ring is 1. The van der Waals surface area contributed by atoms with Crippen molar-refractivity contribution >= 4 is 33.8 Å². The summed E-state index contributed by atoms with van der Waals surface area (Å²) in [7, 11) is 1.53. The molecule has 2 heterocycles. The highest BCUT2D eigenvalue weighted by molar-refractivity contribution is 7.19. The molecular weight excluding hydrogens is 292 g/mol. The molecule has 2 amide bonds. The Morgan fingerprint density at radius 3 is 2.38 bits per heavy atom. The van der Waals surface area contributed by atoms with Gasteiger partial charge in [0, 0.05) is 20.1 Å². The number of hydrogen-bond acceptors (Lipinski definition) is 6. The van der Waals surface area contributed by atoms with Gasteiger partial charge < -0.3 is 26.4 Å². The van der Waals surface area contributed by atoms with Gasteiger partial charge in [-0.1, -0.05) is 0 Å². The van der Waals surface area contributed by atoms with Crippen molar-refractivity contribution in [3.63, 3.8) is 0 Å². The number of carbonyl (C=O) groups is 2. The minimum absolute atomic E-state index is 0.0339. The molecule has 0 spiro atoms. The van der Waals surface area contributed by atoms with E-state index in [-0.39, 0.29) is 28.7 Å². The van der Waals surface area contributed by atoms with Crippen LogP contribution >= 0.6 is 11.3 Å². The van der Waals surface area contributed by atoms with Crippen molar-refractivity contribution in [2.24, 2.45) is 5.73 Å². The summed E-state index contributed by atoms with van der Waals surface area (Å²) >= 11 is 1.16. The van der Waals surface area contributed by atoms with Crippen LogP contribution in [0.25, 0.3) is 0 Å². The Hall–Kier alpha value is -1.80. The molecule has 0 saturated carbocycles. The maximum absolute atomic E-state index is 12.1. The molecule has 1 fully saturated rings. The standard InChI is InChI=1S/C13H20N4O3S/c1-6-4-17(5-7(2)20-6)13-8(12(19)16-3)9(14)10(21-13)11(15)18/h6-7H,4-5,14H2,1-3H3,(H2,15,18)(H,16,19)/t6-,7+. The molecule has 1 aromatic heterocycles. The van der Waals surface area contributed by atoms with Crippen molar-refractivity contribution in [2.45, 2.75) is 26.1 Å². The molecule has 2 atom stereocenters. The van der Waals surface area contributed by atoms with E-state index in [1.54, 1.807) is 0 Å². The SMILES string of the molecule is CNC(=O)c1c(N2C[C@@H](C)O[C@@H](C)C2)sc(C(N)=O)c1N. The molecule has 7 nitrogen and oxygen atoms in total. The second-order valence-corrected chi connectivity index (χ2v) is 6.13. The van der Waals surface area contributed by atoms with E-state index >= 15 is 0 Å². The second-order valence-electron chi connectivity index (χ2n) is 5.13. The Morgan fingerprint density at radius 2 is 1.90 bits per heavy atom. The molecule has 0 aromatic carbocycles. The number of amides is 2. The Labute approximate surface area is 127 Å². The highest BCUT2D eigenvalue weighted by atomic mass is 32.1. The number of thiophene rings is 1. The van der Waals surface area contributed by atoms with Gasteiger partial charge in [-0.15, -0.1) is 11.3 Å². The van der Waals surface area contributed by atoms with Crippen molar-refractivity contribution in [1.29, 1.82) is 0 Å². The van der Waals surface area contributed by atoms with Gasteiger partial charge in [-0.25, -0.2) is 0 Å². The topological polar surface area (TPSA) is 111 Å². The molecule has 2 rings (SSSR count). The van der Waals surface area contributed by atoms with E-state index in [9.17, 15) is 9.59 Å². The fourth-order valence-corrected chi connectivity index (χ4v) is 3.61. The molecule has 0 aliphatic carbocycles. The summed E-state index contributed by atoms with van der Waals surface area (Å²) in [5.41, 5.74) is 11.8. The van der Waals surface area contributed by atoms with Crippen LogP contribution in [0.4, 0.5) is 10.7 Å². The maximum Gasteiger partial charge on any atom is 0.260 e. The molecular formula is C13H20N4O3S. The first-order valence-electron chi connectivity index (χ1n) is 6.69. The summed E-state index contributed by atoms with van der Waals surface area (Å²) in [6.45, 7) is 5.20. The first-order valence-corrected chi connectivity index (χ1v) is 7.51. The van der Waals surface area contributed by atoms with Crippen LogP contribution in [0.1, 0.15) is 33.9 Å². The number of morpholine rings is 1. The zero-order valence-electron chi connectivity index (χ0n) is 12.3. The molecule has 21 heavy (non-hydrogen) atoms. The fraction of sp³-hybridized carbons (Fsp3) is 0.538. The van der Waals surface area contributed by atoms with Crippen molar-refractivity contribution in [3.05, 3.63) is 10.4 Å². The van der Waals surface area contributed by atoms with Gasteiger partial charge in [-0.2, -0.15) is 0 Å². The van der Waals surface area contributed by atoms with Gasteiger partial charge in [0.25, 0.3) is 11.8 Å². The van der Waals surface area contributed by atoms with Gasteiger partial charge >= 0.3 is 0 Å². The molecule has 0 radical (unpaired) electrons. The summed E-state index contributed by atoms with van der Waals surface area (Å²) in [6.07, 6.45) is 0.0679. The van der Waals surface area contributed by atoms with Crippen LogP contribution in [0, 0.1) is 0 Å². The van der Waals surface area contributed by atoms with Crippen LogP contribution in [0.15, 0.2) is 0 Å². The second kappa shape index (κ2) is 5.90. The predicted molar refractivity (Wildman–Crippen MR) is 82.9 cm³/mol. The van der Waals surface area contributed by atoms with Gasteiger partial charge in [0.2, 0.25) is 0 Å². The third-order valence-electron chi connectivity index (χ3n) is 3.31. The van der Waals surface area contributed by atoms with Crippen LogP contribution in [0.3, 0.4) is 0 Å². The van der Waals surface area contributed by atoms with E-state index < -0.39 is 5.91 Å². The molecule has 0 bridgehead atoms. The molecule has 1 saturated heterocycles. The van der Waals surface area contributed by atoms with Gasteiger partial charge in [0.15, 0.2) is 0 Å². The zero-order chi connectivity index (χ0) is 15.7.